The molecular formula is C13H15NO. The van der Waals surface area contributed by atoms with Crippen molar-refractivity contribution >= 4 is 6.08 Å². The summed E-state index contributed by atoms with van der Waals surface area (Å²) in [5, 5.41) is 0. The topological polar surface area (TPSA) is 29.4 Å². The third-order valence-corrected chi connectivity index (χ3v) is 3.28. The van der Waals surface area contributed by atoms with Crippen LogP contribution in [0.4, 0.5) is 0 Å². The predicted octanol–water partition coefficient (Wildman–Crippen LogP) is 3.10. The maximum absolute atomic E-state index is 10.5. The van der Waals surface area contributed by atoms with Gasteiger partial charge in [0.25, 0.3) is 0 Å². The summed E-state index contributed by atoms with van der Waals surface area (Å²) in [4.78, 5) is 14.6. The highest BCUT2D eigenvalue weighted by Crippen LogP contribution is 2.41. The van der Waals surface area contributed by atoms with Crippen molar-refractivity contribution in [1.29, 1.82) is 0 Å². The average Bonchev–Trinajstić information content (AvgIpc) is 2.69. The van der Waals surface area contributed by atoms with Crippen molar-refractivity contribution in [1.82, 2.24) is 0 Å². The Bertz CT molecular complexity index is 382. The van der Waals surface area contributed by atoms with E-state index in [-0.39, 0.29) is 5.54 Å². The van der Waals surface area contributed by atoms with Crippen molar-refractivity contribution < 1.29 is 4.79 Å². The number of aryl methyl sites for hydroxylation is 1. The molecule has 0 atom stereocenters. The SMILES string of the molecule is Cc1ccc(C2(N=C=O)CCCC2)cc1. The van der Waals surface area contributed by atoms with Gasteiger partial charge in [-0.15, -0.1) is 0 Å². The highest BCUT2D eigenvalue weighted by atomic mass is 16.1. The summed E-state index contributed by atoms with van der Waals surface area (Å²) in [6.45, 7) is 2.06. The molecular weight excluding hydrogens is 186 g/mol. The van der Waals surface area contributed by atoms with Crippen LogP contribution in [-0.2, 0) is 10.3 Å². The molecule has 15 heavy (non-hydrogen) atoms. The van der Waals surface area contributed by atoms with E-state index in [0.29, 0.717) is 0 Å². The number of hydrogen-bond donors (Lipinski definition) is 0. The fourth-order valence-electron chi connectivity index (χ4n) is 2.38. The van der Waals surface area contributed by atoms with E-state index in [1.165, 1.54) is 5.56 Å². The van der Waals surface area contributed by atoms with Gasteiger partial charge in [0, 0.05) is 0 Å². The van der Waals surface area contributed by atoms with Gasteiger partial charge in [-0.1, -0.05) is 42.7 Å². The van der Waals surface area contributed by atoms with E-state index in [1.807, 2.05) is 0 Å². The lowest BCUT2D eigenvalue weighted by Crippen LogP contribution is -2.18. The fourth-order valence-corrected chi connectivity index (χ4v) is 2.38. The van der Waals surface area contributed by atoms with Crippen LogP contribution in [0.1, 0.15) is 36.8 Å². The first-order valence-electron chi connectivity index (χ1n) is 5.43. The summed E-state index contributed by atoms with van der Waals surface area (Å²) in [7, 11) is 0. The van der Waals surface area contributed by atoms with E-state index in [4.69, 9.17) is 0 Å². The van der Waals surface area contributed by atoms with Crippen LogP contribution in [0.2, 0.25) is 0 Å². The quantitative estimate of drug-likeness (QED) is 0.534. The van der Waals surface area contributed by atoms with Gasteiger partial charge in [-0.05, 0) is 25.3 Å². The number of carbonyl (C=O) groups excluding carboxylic acids is 1. The fraction of sp³-hybridized carbons (Fsp3) is 0.462. The third kappa shape index (κ3) is 1.86. The molecule has 0 N–H and O–H groups in total. The number of hydrogen-bond acceptors (Lipinski definition) is 2. The first-order chi connectivity index (χ1) is 7.27. The Morgan fingerprint density at radius 2 is 1.80 bits per heavy atom. The molecule has 1 aromatic rings. The van der Waals surface area contributed by atoms with Gasteiger partial charge in [0.05, 0.1) is 5.54 Å². The molecule has 1 fully saturated rings. The maximum atomic E-state index is 10.5. The van der Waals surface area contributed by atoms with Gasteiger partial charge in [-0.3, -0.25) is 0 Å². The first kappa shape index (κ1) is 10.1. The Morgan fingerprint density at radius 1 is 1.20 bits per heavy atom. The Hall–Kier alpha value is -1.40. The lowest BCUT2D eigenvalue weighted by Gasteiger charge is -2.22. The van der Waals surface area contributed by atoms with Crippen LogP contribution >= 0.6 is 0 Å². The number of benzene rings is 1. The summed E-state index contributed by atoms with van der Waals surface area (Å²) < 4.78 is 0. The molecule has 0 heterocycles. The van der Waals surface area contributed by atoms with Gasteiger partial charge in [0.2, 0.25) is 6.08 Å². The lowest BCUT2D eigenvalue weighted by atomic mass is 9.88. The summed E-state index contributed by atoms with van der Waals surface area (Å²) in [5.41, 5.74) is 2.13. The number of aliphatic imine (C=N–C) groups is 1. The van der Waals surface area contributed by atoms with Crippen LogP contribution in [0.25, 0.3) is 0 Å². The second kappa shape index (κ2) is 4.00. The van der Waals surface area contributed by atoms with Crippen LogP contribution in [0, 0.1) is 6.92 Å². The molecule has 78 valence electrons. The summed E-state index contributed by atoms with van der Waals surface area (Å²) in [6.07, 6.45) is 6.00. The molecule has 0 unspecified atom stereocenters. The lowest BCUT2D eigenvalue weighted by molar-refractivity contribution is 0.456. The van der Waals surface area contributed by atoms with Crippen LogP contribution < -0.4 is 0 Å². The minimum absolute atomic E-state index is 0.268. The van der Waals surface area contributed by atoms with Crippen molar-refractivity contribution in [2.24, 2.45) is 4.99 Å². The first-order valence-corrected chi connectivity index (χ1v) is 5.43. The Morgan fingerprint density at radius 3 is 2.33 bits per heavy atom. The zero-order valence-corrected chi connectivity index (χ0v) is 8.99. The molecule has 0 aliphatic heterocycles. The van der Waals surface area contributed by atoms with Gasteiger partial charge in [-0.25, -0.2) is 4.79 Å². The van der Waals surface area contributed by atoms with E-state index >= 15 is 0 Å². The highest BCUT2D eigenvalue weighted by molar-refractivity contribution is 5.39. The van der Waals surface area contributed by atoms with E-state index < -0.39 is 0 Å². The maximum Gasteiger partial charge on any atom is 0.235 e. The third-order valence-electron chi connectivity index (χ3n) is 3.28. The second-order valence-electron chi connectivity index (χ2n) is 4.31. The summed E-state index contributed by atoms with van der Waals surface area (Å²) in [6, 6.07) is 8.33. The van der Waals surface area contributed by atoms with Crippen molar-refractivity contribution in [2.75, 3.05) is 0 Å². The number of nitrogens with zero attached hydrogens (tertiary/aromatic N) is 1. The van der Waals surface area contributed by atoms with Crippen molar-refractivity contribution in [3.8, 4) is 0 Å². The molecule has 0 bridgehead atoms. The van der Waals surface area contributed by atoms with Crippen LogP contribution in [0.15, 0.2) is 29.3 Å². The van der Waals surface area contributed by atoms with Crippen molar-refractivity contribution in [2.45, 2.75) is 38.1 Å². The van der Waals surface area contributed by atoms with Crippen molar-refractivity contribution in [3.05, 3.63) is 35.4 Å². The Balaban J connectivity index is 2.40. The molecule has 0 saturated heterocycles. The predicted molar refractivity (Wildman–Crippen MR) is 59.4 cm³/mol. The van der Waals surface area contributed by atoms with Crippen LogP contribution in [0.3, 0.4) is 0 Å². The van der Waals surface area contributed by atoms with Gasteiger partial charge in [-0.2, -0.15) is 4.99 Å². The molecule has 2 heteroatoms. The summed E-state index contributed by atoms with van der Waals surface area (Å²) >= 11 is 0. The minimum atomic E-state index is -0.268. The van der Waals surface area contributed by atoms with Crippen LogP contribution in [-0.4, -0.2) is 6.08 Å². The molecule has 0 radical (unpaired) electrons. The second-order valence-corrected chi connectivity index (χ2v) is 4.31. The zero-order chi connectivity index (χ0) is 10.7. The highest BCUT2D eigenvalue weighted by Gasteiger charge is 2.35. The smallest absolute Gasteiger partial charge is 0.211 e. The molecule has 2 rings (SSSR count). The van der Waals surface area contributed by atoms with Crippen molar-refractivity contribution in [3.63, 3.8) is 0 Å². The van der Waals surface area contributed by atoms with Gasteiger partial charge in [0.1, 0.15) is 0 Å². The monoisotopic (exact) mass is 201 g/mol. The number of isocyanates is 1. The van der Waals surface area contributed by atoms with Crippen LogP contribution in [0.5, 0.6) is 0 Å². The molecule has 1 aliphatic rings. The molecule has 0 spiro atoms. The Labute approximate surface area is 90.0 Å². The van der Waals surface area contributed by atoms with E-state index in [2.05, 4.69) is 36.2 Å². The molecule has 1 saturated carbocycles. The van der Waals surface area contributed by atoms with Gasteiger partial charge >= 0.3 is 0 Å². The van der Waals surface area contributed by atoms with E-state index in [0.717, 1.165) is 31.2 Å². The summed E-state index contributed by atoms with van der Waals surface area (Å²) in [5.74, 6) is 0. The van der Waals surface area contributed by atoms with E-state index in [1.54, 1.807) is 6.08 Å². The molecule has 0 amide bonds. The molecule has 0 aromatic heterocycles. The molecule has 1 aliphatic carbocycles. The largest absolute Gasteiger partial charge is 0.235 e. The molecule has 1 aromatic carbocycles. The normalized spacial score (nSPS) is 18.5. The Kier molecular flexibility index (Phi) is 2.70. The number of rotatable bonds is 2. The average molecular weight is 201 g/mol. The van der Waals surface area contributed by atoms with Gasteiger partial charge < -0.3 is 0 Å². The zero-order valence-electron chi connectivity index (χ0n) is 8.99. The van der Waals surface area contributed by atoms with E-state index in [9.17, 15) is 4.79 Å². The molecule has 2 nitrogen and oxygen atoms in total. The minimum Gasteiger partial charge on any atom is -0.211 e. The standard InChI is InChI=1S/C13H15NO/c1-11-4-6-12(7-5-11)13(14-10-15)8-2-3-9-13/h4-7H,2-3,8-9H2,1H3. The van der Waals surface area contributed by atoms with Gasteiger partial charge in [0.15, 0.2) is 0 Å².